The number of nitrogens with zero attached hydrogens (tertiary/aromatic N) is 5. The van der Waals surface area contributed by atoms with E-state index >= 15 is 0 Å². The number of aromatic nitrogens is 6. The van der Waals surface area contributed by atoms with Gasteiger partial charge in [0.1, 0.15) is 29.2 Å². The fraction of sp³-hybridized carbons (Fsp3) is 0.294. The highest BCUT2D eigenvalue weighted by molar-refractivity contribution is 5.86. The van der Waals surface area contributed by atoms with E-state index in [-0.39, 0.29) is 5.82 Å². The summed E-state index contributed by atoms with van der Waals surface area (Å²) in [6.45, 7) is 4.75. The number of aromatic carboxylic acids is 1. The number of nitrogens with one attached hydrogen (secondary N) is 1. The minimum atomic E-state index is -1.33. The van der Waals surface area contributed by atoms with Crippen LogP contribution in [0.5, 0.6) is 5.75 Å². The Morgan fingerprint density at radius 2 is 2.19 bits per heavy atom. The third-order valence-corrected chi connectivity index (χ3v) is 3.81. The molecule has 2 aromatic heterocycles. The minimum Gasteiger partial charge on any atom is -0.491 e. The van der Waals surface area contributed by atoms with E-state index in [1.807, 2.05) is 0 Å². The van der Waals surface area contributed by atoms with Crippen molar-refractivity contribution in [1.29, 1.82) is 0 Å². The molecule has 0 saturated heterocycles. The van der Waals surface area contributed by atoms with Gasteiger partial charge < -0.3 is 14.8 Å². The molecule has 0 fully saturated rings. The molecule has 0 aliphatic heterocycles. The maximum atomic E-state index is 11.9. The number of H-pyrrole nitrogens is 1. The summed E-state index contributed by atoms with van der Waals surface area (Å²) in [5.41, 5.74) is -0.0150. The second-order valence-electron chi connectivity index (χ2n) is 6.25. The summed E-state index contributed by atoms with van der Waals surface area (Å²) in [5.74, 6) is -0.0226. The quantitative estimate of drug-likeness (QED) is 0.639. The highest BCUT2D eigenvalue weighted by atomic mass is 16.5. The summed E-state index contributed by atoms with van der Waals surface area (Å²) >= 11 is 0. The van der Waals surface area contributed by atoms with E-state index in [0.29, 0.717) is 29.5 Å². The van der Waals surface area contributed by atoms with E-state index in [2.05, 4.69) is 39.3 Å². The van der Waals surface area contributed by atoms with Gasteiger partial charge in [0.15, 0.2) is 0 Å². The lowest BCUT2D eigenvalue weighted by Gasteiger charge is -2.13. The van der Waals surface area contributed by atoms with Crippen molar-refractivity contribution >= 4 is 5.97 Å². The second kappa shape index (κ2) is 7.77. The number of aromatic amines is 1. The van der Waals surface area contributed by atoms with Crippen molar-refractivity contribution in [1.82, 2.24) is 30.2 Å². The topological polar surface area (TPSA) is 136 Å². The Morgan fingerprint density at radius 3 is 2.81 bits per heavy atom. The summed E-state index contributed by atoms with van der Waals surface area (Å²) in [5, 5.41) is 20.1. The van der Waals surface area contributed by atoms with Crippen LogP contribution in [0.1, 0.15) is 30.6 Å². The smallest absolute Gasteiger partial charge is 0.342 e. The fourth-order valence-electron chi connectivity index (χ4n) is 2.34. The number of carbonyl (C=O) groups is 1. The van der Waals surface area contributed by atoms with Crippen molar-refractivity contribution in [2.45, 2.75) is 20.3 Å². The van der Waals surface area contributed by atoms with E-state index < -0.39 is 17.1 Å². The molecule has 0 aliphatic carbocycles. The first kappa shape index (κ1) is 18.2. The average molecular weight is 370 g/mol. The number of carboxylic acids is 1. The van der Waals surface area contributed by atoms with Crippen LogP contribution in [0.15, 0.2) is 35.5 Å². The van der Waals surface area contributed by atoms with Crippen LogP contribution in [0.3, 0.4) is 0 Å². The van der Waals surface area contributed by atoms with Crippen molar-refractivity contribution in [2.24, 2.45) is 5.92 Å². The van der Waals surface area contributed by atoms with Crippen LogP contribution >= 0.6 is 0 Å². The largest absolute Gasteiger partial charge is 0.491 e. The van der Waals surface area contributed by atoms with Crippen LogP contribution < -0.4 is 10.3 Å². The van der Waals surface area contributed by atoms with E-state index in [1.165, 1.54) is 11.0 Å². The van der Waals surface area contributed by atoms with Gasteiger partial charge in [-0.15, -0.1) is 5.10 Å². The van der Waals surface area contributed by atoms with E-state index in [9.17, 15) is 9.59 Å². The molecule has 3 rings (SSSR count). The number of tetrazole rings is 1. The Balaban J connectivity index is 1.98. The van der Waals surface area contributed by atoms with Gasteiger partial charge in [0.25, 0.3) is 5.56 Å². The predicted octanol–water partition coefficient (Wildman–Crippen LogP) is 1.54. The van der Waals surface area contributed by atoms with Gasteiger partial charge in [-0.05, 0) is 41.0 Å². The van der Waals surface area contributed by atoms with Crippen LogP contribution in [0.2, 0.25) is 0 Å². The Hall–Kier alpha value is -3.56. The van der Waals surface area contributed by atoms with Crippen LogP contribution in [0.25, 0.3) is 17.1 Å². The van der Waals surface area contributed by atoms with Crippen molar-refractivity contribution in [3.05, 3.63) is 46.6 Å². The lowest BCUT2D eigenvalue weighted by molar-refractivity contribution is 0.0694. The van der Waals surface area contributed by atoms with Gasteiger partial charge in [-0.2, -0.15) is 4.68 Å². The molecule has 140 valence electrons. The van der Waals surface area contributed by atoms with E-state index in [4.69, 9.17) is 9.84 Å². The molecule has 1 aromatic carbocycles. The van der Waals surface area contributed by atoms with Gasteiger partial charge in [-0.1, -0.05) is 13.8 Å². The zero-order valence-corrected chi connectivity index (χ0v) is 14.8. The predicted molar refractivity (Wildman–Crippen MR) is 94.9 cm³/mol. The van der Waals surface area contributed by atoms with Gasteiger partial charge in [-0.3, -0.25) is 4.79 Å². The molecule has 0 amide bonds. The molecule has 0 unspecified atom stereocenters. The molecule has 27 heavy (non-hydrogen) atoms. The summed E-state index contributed by atoms with van der Waals surface area (Å²) in [7, 11) is 0. The Morgan fingerprint density at radius 1 is 1.37 bits per heavy atom. The van der Waals surface area contributed by atoms with Crippen LogP contribution in [0, 0.1) is 5.92 Å². The molecule has 0 radical (unpaired) electrons. The van der Waals surface area contributed by atoms with E-state index in [0.717, 1.165) is 12.6 Å². The van der Waals surface area contributed by atoms with Gasteiger partial charge in [-0.25, -0.2) is 9.78 Å². The molecular weight excluding hydrogens is 352 g/mol. The Bertz CT molecular complexity index is 997. The molecule has 10 nitrogen and oxygen atoms in total. The van der Waals surface area contributed by atoms with E-state index in [1.54, 1.807) is 18.2 Å². The average Bonchev–Trinajstić information content (AvgIpc) is 3.15. The summed E-state index contributed by atoms with van der Waals surface area (Å²) in [4.78, 5) is 29.4. The fourth-order valence-corrected chi connectivity index (χ4v) is 2.34. The molecule has 2 heterocycles. The first-order valence-corrected chi connectivity index (χ1v) is 8.29. The molecule has 0 aliphatic rings. The highest BCUT2D eigenvalue weighted by Gasteiger charge is 2.14. The van der Waals surface area contributed by atoms with Crippen molar-refractivity contribution in [2.75, 3.05) is 6.61 Å². The Kier molecular flexibility index (Phi) is 5.25. The molecule has 0 bridgehead atoms. The molecule has 10 heteroatoms. The highest BCUT2D eigenvalue weighted by Crippen LogP contribution is 2.27. The molecule has 3 aromatic rings. The lowest BCUT2D eigenvalue weighted by Crippen LogP contribution is -2.18. The number of benzene rings is 1. The van der Waals surface area contributed by atoms with Crippen LogP contribution in [0.4, 0.5) is 0 Å². The Labute approximate surface area is 153 Å². The lowest BCUT2D eigenvalue weighted by atomic mass is 10.1. The normalized spacial score (nSPS) is 10.9. The van der Waals surface area contributed by atoms with Gasteiger partial charge in [0.2, 0.25) is 0 Å². The SMILES string of the molecule is CC(C)CCOc1ccc(-c2ncc(C(=O)O)c(=O)[nH]2)cc1-n1cnnn1. The van der Waals surface area contributed by atoms with Crippen LogP contribution in [-0.2, 0) is 0 Å². The summed E-state index contributed by atoms with van der Waals surface area (Å²) in [6.07, 6.45) is 3.35. The molecule has 0 atom stereocenters. The van der Waals surface area contributed by atoms with Crippen LogP contribution in [-0.4, -0.2) is 47.9 Å². The zero-order chi connectivity index (χ0) is 19.4. The number of carboxylic acid groups (broad SMARTS) is 1. The first-order chi connectivity index (χ1) is 13.0. The zero-order valence-electron chi connectivity index (χ0n) is 14.8. The monoisotopic (exact) mass is 370 g/mol. The van der Waals surface area contributed by atoms with Gasteiger partial charge in [0, 0.05) is 11.8 Å². The minimum absolute atomic E-state index is 0.230. The number of hydrogen-bond acceptors (Lipinski definition) is 7. The molecule has 0 spiro atoms. The number of rotatable bonds is 7. The molecule has 0 saturated carbocycles. The molecular formula is C17H18N6O4. The third-order valence-electron chi connectivity index (χ3n) is 3.81. The number of hydrogen-bond donors (Lipinski definition) is 2. The number of ether oxygens (including phenoxy) is 1. The maximum Gasteiger partial charge on any atom is 0.342 e. The first-order valence-electron chi connectivity index (χ1n) is 8.29. The van der Waals surface area contributed by atoms with Crippen molar-refractivity contribution in [3.63, 3.8) is 0 Å². The standard InChI is InChI=1S/C17H18N6O4/c1-10(2)5-6-27-14-4-3-11(7-13(14)23-9-19-21-22-23)15-18-8-12(17(25)26)16(24)20-15/h3-4,7-10H,5-6H2,1-2H3,(H,25,26)(H,18,20,24). The van der Waals surface area contributed by atoms with Gasteiger partial charge in [0.05, 0.1) is 6.61 Å². The third kappa shape index (κ3) is 4.17. The van der Waals surface area contributed by atoms with Gasteiger partial charge >= 0.3 is 5.97 Å². The maximum absolute atomic E-state index is 11.9. The van der Waals surface area contributed by atoms with Crippen molar-refractivity contribution in [3.8, 4) is 22.8 Å². The summed E-state index contributed by atoms with van der Waals surface area (Å²) < 4.78 is 7.29. The second-order valence-corrected chi connectivity index (χ2v) is 6.25. The summed E-state index contributed by atoms with van der Waals surface area (Å²) in [6, 6.07) is 5.16. The molecule has 2 N–H and O–H groups in total. The van der Waals surface area contributed by atoms with Crippen molar-refractivity contribution < 1.29 is 14.6 Å².